The van der Waals surface area contributed by atoms with Gasteiger partial charge < -0.3 is 5.32 Å². The van der Waals surface area contributed by atoms with E-state index in [1.54, 1.807) is 0 Å². The van der Waals surface area contributed by atoms with Crippen molar-refractivity contribution in [3.63, 3.8) is 0 Å². The predicted octanol–water partition coefficient (Wildman–Crippen LogP) is 3.29. The smallest absolute Gasteiger partial charge is 0.0427 e. The molecule has 0 saturated heterocycles. The molecule has 1 N–H and O–H groups in total. The van der Waals surface area contributed by atoms with Crippen molar-refractivity contribution >= 4 is 17.0 Å². The highest BCUT2D eigenvalue weighted by atomic mass is 14.9. The standard InChI is InChI=1S/C15H16N2/c1-11-12(6-4-9-16-11)13-8-10-17-15-7-3-2-5-14(13)15/h2-3,5-8,17H,4,9-10H2,1H3. The molecular weight excluding hydrogens is 208 g/mol. The number of hydrogen-bond acceptors (Lipinski definition) is 2. The summed E-state index contributed by atoms with van der Waals surface area (Å²) in [6.45, 7) is 3.94. The maximum Gasteiger partial charge on any atom is 0.0427 e. The molecule has 1 aromatic rings. The summed E-state index contributed by atoms with van der Waals surface area (Å²) in [7, 11) is 0. The molecule has 0 spiro atoms. The summed E-state index contributed by atoms with van der Waals surface area (Å²) in [5.41, 5.74) is 6.33. The van der Waals surface area contributed by atoms with E-state index in [0.29, 0.717) is 0 Å². The number of hydrogen-bond donors (Lipinski definition) is 1. The molecule has 0 saturated carbocycles. The Morgan fingerprint density at radius 1 is 1.12 bits per heavy atom. The van der Waals surface area contributed by atoms with E-state index in [0.717, 1.165) is 19.5 Å². The summed E-state index contributed by atoms with van der Waals surface area (Å²) in [6, 6.07) is 8.48. The molecule has 0 aliphatic carbocycles. The van der Waals surface area contributed by atoms with Gasteiger partial charge in [0.05, 0.1) is 0 Å². The van der Waals surface area contributed by atoms with Crippen LogP contribution < -0.4 is 5.32 Å². The maximum atomic E-state index is 4.55. The minimum absolute atomic E-state index is 0.900. The lowest BCUT2D eigenvalue weighted by Gasteiger charge is -2.22. The molecule has 0 bridgehead atoms. The van der Waals surface area contributed by atoms with Crippen LogP contribution in [0.3, 0.4) is 0 Å². The van der Waals surface area contributed by atoms with Crippen molar-refractivity contribution in [1.29, 1.82) is 0 Å². The molecule has 0 atom stereocenters. The zero-order valence-electron chi connectivity index (χ0n) is 10.0. The maximum absolute atomic E-state index is 4.55. The second-order valence-corrected chi connectivity index (χ2v) is 4.42. The normalized spacial score (nSPS) is 18.5. The van der Waals surface area contributed by atoms with Crippen LogP contribution in [0.15, 0.2) is 47.0 Å². The number of rotatable bonds is 1. The monoisotopic (exact) mass is 224 g/mol. The fourth-order valence-electron chi connectivity index (χ4n) is 2.48. The number of allylic oxidation sites excluding steroid dienone is 2. The van der Waals surface area contributed by atoms with Gasteiger partial charge in [-0.3, -0.25) is 4.99 Å². The zero-order chi connectivity index (χ0) is 11.7. The number of dihydropyridines is 1. The van der Waals surface area contributed by atoms with Crippen LogP contribution in [0.25, 0.3) is 5.57 Å². The largest absolute Gasteiger partial charge is 0.381 e. The van der Waals surface area contributed by atoms with E-state index in [1.165, 1.54) is 28.1 Å². The second kappa shape index (κ2) is 4.21. The Bertz CT molecular complexity index is 536. The van der Waals surface area contributed by atoms with Crippen molar-refractivity contribution in [3.05, 3.63) is 47.6 Å². The van der Waals surface area contributed by atoms with E-state index < -0.39 is 0 Å². The Balaban J connectivity index is 2.07. The lowest BCUT2D eigenvalue weighted by molar-refractivity contribution is 0.983. The van der Waals surface area contributed by atoms with Crippen LogP contribution in [0.4, 0.5) is 5.69 Å². The molecule has 3 rings (SSSR count). The molecule has 0 amide bonds. The van der Waals surface area contributed by atoms with Crippen molar-refractivity contribution in [2.75, 3.05) is 18.4 Å². The summed E-state index contributed by atoms with van der Waals surface area (Å²) in [5, 5.41) is 3.40. The quantitative estimate of drug-likeness (QED) is 0.777. The van der Waals surface area contributed by atoms with Gasteiger partial charge in [-0.1, -0.05) is 30.4 Å². The van der Waals surface area contributed by atoms with Gasteiger partial charge in [0.25, 0.3) is 0 Å². The molecular formula is C15H16N2. The zero-order valence-corrected chi connectivity index (χ0v) is 10.0. The van der Waals surface area contributed by atoms with Gasteiger partial charge in [-0.05, 0) is 30.6 Å². The molecule has 17 heavy (non-hydrogen) atoms. The van der Waals surface area contributed by atoms with Crippen molar-refractivity contribution < 1.29 is 0 Å². The Kier molecular flexibility index (Phi) is 2.56. The molecule has 0 unspecified atom stereocenters. The third kappa shape index (κ3) is 1.80. The first kappa shape index (κ1) is 10.3. The van der Waals surface area contributed by atoms with Crippen molar-refractivity contribution in [2.24, 2.45) is 4.99 Å². The van der Waals surface area contributed by atoms with Gasteiger partial charge >= 0.3 is 0 Å². The summed E-state index contributed by atoms with van der Waals surface area (Å²) in [5.74, 6) is 0. The molecule has 2 heterocycles. The van der Waals surface area contributed by atoms with Crippen LogP contribution in [0.2, 0.25) is 0 Å². The lowest BCUT2D eigenvalue weighted by atomic mass is 9.90. The average molecular weight is 224 g/mol. The van der Waals surface area contributed by atoms with Crippen LogP contribution in [0.5, 0.6) is 0 Å². The number of nitrogens with one attached hydrogen (secondary N) is 1. The fraction of sp³-hybridized carbons (Fsp3) is 0.267. The SMILES string of the molecule is CC1=NCCC=C1C1=CCNc2ccccc21. The first-order valence-corrected chi connectivity index (χ1v) is 6.11. The number of aliphatic imine (C=N–C) groups is 1. The molecule has 0 radical (unpaired) electrons. The minimum atomic E-state index is 0.900. The van der Waals surface area contributed by atoms with Gasteiger partial charge in [0.1, 0.15) is 0 Å². The van der Waals surface area contributed by atoms with Crippen LogP contribution in [0, 0.1) is 0 Å². The second-order valence-electron chi connectivity index (χ2n) is 4.42. The van der Waals surface area contributed by atoms with Crippen molar-refractivity contribution in [3.8, 4) is 0 Å². The van der Waals surface area contributed by atoms with Crippen LogP contribution >= 0.6 is 0 Å². The number of anilines is 1. The van der Waals surface area contributed by atoms with E-state index >= 15 is 0 Å². The van der Waals surface area contributed by atoms with Gasteiger partial charge in [0.2, 0.25) is 0 Å². The number of nitrogens with zero attached hydrogens (tertiary/aromatic N) is 1. The van der Waals surface area contributed by atoms with E-state index in [-0.39, 0.29) is 0 Å². The van der Waals surface area contributed by atoms with Crippen molar-refractivity contribution in [2.45, 2.75) is 13.3 Å². The Labute approximate surface area is 102 Å². The Hall–Kier alpha value is -1.83. The van der Waals surface area contributed by atoms with Gasteiger partial charge in [0.15, 0.2) is 0 Å². The topological polar surface area (TPSA) is 24.4 Å². The Morgan fingerprint density at radius 2 is 2.00 bits per heavy atom. The highest BCUT2D eigenvalue weighted by Crippen LogP contribution is 2.33. The minimum Gasteiger partial charge on any atom is -0.381 e. The average Bonchev–Trinajstić information content (AvgIpc) is 2.39. The van der Waals surface area contributed by atoms with Crippen LogP contribution in [-0.2, 0) is 0 Å². The summed E-state index contributed by atoms with van der Waals surface area (Å²) in [6.07, 6.45) is 5.63. The molecule has 1 aromatic carbocycles. The fourth-order valence-corrected chi connectivity index (χ4v) is 2.48. The molecule has 86 valence electrons. The van der Waals surface area contributed by atoms with Gasteiger partial charge in [-0.25, -0.2) is 0 Å². The highest BCUT2D eigenvalue weighted by Gasteiger charge is 2.17. The van der Waals surface area contributed by atoms with Gasteiger partial charge in [-0.15, -0.1) is 0 Å². The van der Waals surface area contributed by atoms with E-state index in [1.807, 2.05) is 0 Å². The lowest BCUT2D eigenvalue weighted by Crippen LogP contribution is -2.13. The predicted molar refractivity (Wildman–Crippen MR) is 73.6 cm³/mol. The summed E-state index contributed by atoms with van der Waals surface area (Å²) in [4.78, 5) is 4.55. The third-order valence-electron chi connectivity index (χ3n) is 3.32. The van der Waals surface area contributed by atoms with Gasteiger partial charge in [-0.2, -0.15) is 0 Å². The first-order valence-electron chi connectivity index (χ1n) is 6.11. The highest BCUT2D eigenvalue weighted by molar-refractivity contribution is 6.13. The van der Waals surface area contributed by atoms with E-state index in [9.17, 15) is 0 Å². The van der Waals surface area contributed by atoms with Gasteiger partial charge in [0, 0.05) is 30.1 Å². The summed E-state index contributed by atoms with van der Waals surface area (Å²) >= 11 is 0. The van der Waals surface area contributed by atoms with E-state index in [2.05, 4.69) is 53.7 Å². The third-order valence-corrected chi connectivity index (χ3v) is 3.32. The molecule has 2 aliphatic rings. The number of fused-ring (bicyclic) bond motifs is 1. The van der Waals surface area contributed by atoms with Crippen LogP contribution in [-0.4, -0.2) is 18.8 Å². The summed E-state index contributed by atoms with van der Waals surface area (Å²) < 4.78 is 0. The molecule has 2 heteroatoms. The molecule has 0 fully saturated rings. The number of para-hydroxylation sites is 1. The van der Waals surface area contributed by atoms with Crippen molar-refractivity contribution in [1.82, 2.24) is 0 Å². The Morgan fingerprint density at radius 3 is 2.88 bits per heavy atom. The van der Waals surface area contributed by atoms with E-state index in [4.69, 9.17) is 0 Å². The molecule has 2 aliphatic heterocycles. The first-order chi connectivity index (χ1) is 8.36. The molecule has 2 nitrogen and oxygen atoms in total. The molecule has 0 aromatic heterocycles. The van der Waals surface area contributed by atoms with Crippen LogP contribution in [0.1, 0.15) is 18.9 Å². The number of benzene rings is 1.